The second kappa shape index (κ2) is 8.46. The number of amides is 1. The summed E-state index contributed by atoms with van der Waals surface area (Å²) in [6, 6.07) is 9.66. The molecule has 0 radical (unpaired) electrons. The van der Waals surface area contributed by atoms with Gasteiger partial charge in [-0.3, -0.25) is 4.79 Å². The molecule has 0 saturated carbocycles. The largest absolute Gasteiger partial charge is 0.496 e. The molecule has 25 heavy (non-hydrogen) atoms. The van der Waals surface area contributed by atoms with Crippen molar-refractivity contribution >= 4 is 27.3 Å². The summed E-state index contributed by atoms with van der Waals surface area (Å²) in [7, 11) is -2.16. The molecule has 2 N–H and O–H groups in total. The van der Waals surface area contributed by atoms with Crippen LogP contribution in [0.25, 0.3) is 0 Å². The Balaban J connectivity index is 2.08. The van der Waals surface area contributed by atoms with Gasteiger partial charge >= 0.3 is 0 Å². The maximum absolute atomic E-state index is 12.5. The molecule has 0 spiro atoms. The SMILES string of the molecule is COc1ccccc1CNC(=O)[C@H](NS(=O)(=O)c1cccs1)C(C)C. The quantitative estimate of drug-likeness (QED) is 0.734. The van der Waals surface area contributed by atoms with Gasteiger partial charge in [-0.2, -0.15) is 4.72 Å². The van der Waals surface area contributed by atoms with E-state index in [9.17, 15) is 13.2 Å². The molecule has 0 aliphatic heterocycles. The molecule has 1 aromatic carbocycles. The lowest BCUT2D eigenvalue weighted by Crippen LogP contribution is -2.49. The van der Waals surface area contributed by atoms with Gasteiger partial charge in [0.15, 0.2) is 0 Å². The van der Waals surface area contributed by atoms with Crippen LogP contribution in [0.1, 0.15) is 19.4 Å². The highest BCUT2D eigenvalue weighted by Gasteiger charge is 2.28. The standard InChI is InChI=1S/C17H22N2O4S2/c1-12(2)16(19-25(21,22)15-9-6-10-24-15)17(20)18-11-13-7-4-5-8-14(13)23-3/h4-10,12,16,19H,11H2,1-3H3,(H,18,20)/t16-/m1/s1. The van der Waals surface area contributed by atoms with Gasteiger partial charge < -0.3 is 10.1 Å². The molecule has 1 heterocycles. The lowest BCUT2D eigenvalue weighted by Gasteiger charge is -2.21. The monoisotopic (exact) mass is 382 g/mol. The molecule has 8 heteroatoms. The number of thiophene rings is 1. The van der Waals surface area contributed by atoms with Crippen LogP contribution < -0.4 is 14.8 Å². The Bertz CT molecular complexity index is 802. The number of carbonyl (C=O) groups is 1. The summed E-state index contributed by atoms with van der Waals surface area (Å²) < 4.78 is 32.7. The molecular formula is C17H22N2O4S2. The fraction of sp³-hybridized carbons (Fsp3) is 0.353. The van der Waals surface area contributed by atoms with E-state index < -0.39 is 16.1 Å². The van der Waals surface area contributed by atoms with E-state index >= 15 is 0 Å². The molecular weight excluding hydrogens is 360 g/mol. The normalized spacial score (nSPS) is 12.8. The molecule has 0 aliphatic carbocycles. The molecule has 136 valence electrons. The van der Waals surface area contributed by atoms with Crippen molar-refractivity contribution in [2.24, 2.45) is 5.92 Å². The van der Waals surface area contributed by atoms with Crippen molar-refractivity contribution in [2.75, 3.05) is 7.11 Å². The molecule has 2 rings (SSSR count). The number of carbonyl (C=O) groups excluding carboxylic acids is 1. The average Bonchev–Trinajstić information content (AvgIpc) is 3.13. The van der Waals surface area contributed by atoms with E-state index in [1.807, 2.05) is 18.2 Å². The maximum atomic E-state index is 12.5. The van der Waals surface area contributed by atoms with Gasteiger partial charge in [-0.05, 0) is 23.4 Å². The minimum absolute atomic E-state index is 0.190. The van der Waals surface area contributed by atoms with Crippen LogP contribution in [-0.2, 0) is 21.4 Å². The van der Waals surface area contributed by atoms with E-state index in [1.165, 1.54) is 6.07 Å². The first-order chi connectivity index (χ1) is 11.8. The molecule has 1 aromatic heterocycles. The van der Waals surface area contributed by atoms with Gasteiger partial charge in [-0.15, -0.1) is 11.3 Å². The number of hydrogen-bond donors (Lipinski definition) is 2. The smallest absolute Gasteiger partial charge is 0.250 e. The molecule has 0 aliphatic rings. The predicted octanol–water partition coefficient (Wildman–Crippen LogP) is 2.38. The van der Waals surface area contributed by atoms with Crippen LogP contribution in [-0.4, -0.2) is 27.5 Å². The van der Waals surface area contributed by atoms with Crippen molar-refractivity contribution in [3.8, 4) is 5.75 Å². The van der Waals surface area contributed by atoms with Gasteiger partial charge in [0.25, 0.3) is 10.0 Å². The van der Waals surface area contributed by atoms with E-state index in [0.29, 0.717) is 5.75 Å². The van der Waals surface area contributed by atoms with E-state index in [2.05, 4.69) is 10.0 Å². The van der Waals surface area contributed by atoms with Crippen LogP contribution in [0, 0.1) is 5.92 Å². The van der Waals surface area contributed by atoms with E-state index in [1.54, 1.807) is 38.5 Å². The Morgan fingerprint density at radius 1 is 1.20 bits per heavy atom. The van der Waals surface area contributed by atoms with Crippen molar-refractivity contribution in [3.05, 3.63) is 47.3 Å². The van der Waals surface area contributed by atoms with E-state index in [-0.39, 0.29) is 22.6 Å². The molecule has 0 saturated heterocycles. The number of methoxy groups -OCH3 is 1. The van der Waals surface area contributed by atoms with Crippen LogP contribution in [0.2, 0.25) is 0 Å². The fourth-order valence-electron chi connectivity index (χ4n) is 2.28. The topological polar surface area (TPSA) is 84.5 Å². The third-order valence-electron chi connectivity index (χ3n) is 3.64. The summed E-state index contributed by atoms with van der Waals surface area (Å²) in [5.74, 6) is 0.0940. The minimum Gasteiger partial charge on any atom is -0.496 e. The number of para-hydroxylation sites is 1. The van der Waals surface area contributed by atoms with Crippen LogP contribution in [0.4, 0.5) is 0 Å². The van der Waals surface area contributed by atoms with Gasteiger partial charge in [-0.25, -0.2) is 8.42 Å². The highest BCUT2D eigenvalue weighted by Crippen LogP contribution is 2.19. The molecule has 1 amide bonds. The first-order valence-electron chi connectivity index (χ1n) is 7.80. The number of sulfonamides is 1. The van der Waals surface area contributed by atoms with Crippen LogP contribution in [0.15, 0.2) is 46.0 Å². The van der Waals surface area contributed by atoms with Crippen molar-refractivity contribution in [2.45, 2.75) is 30.6 Å². The Labute approximate surface area is 152 Å². The number of hydrogen-bond acceptors (Lipinski definition) is 5. The second-order valence-corrected chi connectivity index (χ2v) is 8.69. The van der Waals surface area contributed by atoms with Crippen molar-refractivity contribution in [3.63, 3.8) is 0 Å². The Hall–Kier alpha value is -1.90. The first-order valence-corrected chi connectivity index (χ1v) is 10.2. The van der Waals surface area contributed by atoms with Crippen LogP contribution in [0.5, 0.6) is 5.75 Å². The average molecular weight is 383 g/mol. The molecule has 0 bridgehead atoms. The summed E-state index contributed by atoms with van der Waals surface area (Å²) in [5, 5.41) is 4.46. The summed E-state index contributed by atoms with van der Waals surface area (Å²) >= 11 is 1.11. The molecule has 0 unspecified atom stereocenters. The second-order valence-electron chi connectivity index (χ2n) is 5.80. The van der Waals surface area contributed by atoms with Crippen LogP contribution >= 0.6 is 11.3 Å². The summed E-state index contributed by atoms with van der Waals surface area (Å²) in [4.78, 5) is 12.5. The number of benzene rings is 1. The zero-order valence-electron chi connectivity index (χ0n) is 14.4. The Morgan fingerprint density at radius 2 is 1.92 bits per heavy atom. The van der Waals surface area contributed by atoms with Gasteiger partial charge in [0.05, 0.1) is 7.11 Å². The van der Waals surface area contributed by atoms with E-state index in [4.69, 9.17) is 4.74 Å². The van der Waals surface area contributed by atoms with Crippen molar-refractivity contribution in [1.82, 2.24) is 10.0 Å². The molecule has 2 aromatic rings. The van der Waals surface area contributed by atoms with Crippen molar-refractivity contribution < 1.29 is 17.9 Å². The van der Waals surface area contributed by atoms with Gasteiger partial charge in [0, 0.05) is 12.1 Å². The van der Waals surface area contributed by atoms with Crippen molar-refractivity contribution in [1.29, 1.82) is 0 Å². The van der Waals surface area contributed by atoms with Gasteiger partial charge in [0.2, 0.25) is 5.91 Å². The third-order valence-corrected chi connectivity index (χ3v) is 6.48. The minimum atomic E-state index is -3.72. The number of nitrogens with one attached hydrogen (secondary N) is 2. The highest BCUT2D eigenvalue weighted by atomic mass is 32.2. The summed E-state index contributed by atoms with van der Waals surface area (Å²) in [5.41, 5.74) is 0.821. The van der Waals surface area contributed by atoms with Gasteiger partial charge in [-0.1, -0.05) is 38.1 Å². The van der Waals surface area contributed by atoms with E-state index in [0.717, 1.165) is 16.9 Å². The summed E-state index contributed by atoms with van der Waals surface area (Å²) in [6.45, 7) is 3.85. The van der Waals surface area contributed by atoms with Crippen LogP contribution in [0.3, 0.4) is 0 Å². The zero-order valence-corrected chi connectivity index (χ0v) is 16.0. The number of ether oxygens (including phenoxy) is 1. The lowest BCUT2D eigenvalue weighted by molar-refractivity contribution is -0.123. The maximum Gasteiger partial charge on any atom is 0.250 e. The zero-order chi connectivity index (χ0) is 18.4. The highest BCUT2D eigenvalue weighted by molar-refractivity contribution is 7.91. The summed E-state index contributed by atoms with van der Waals surface area (Å²) in [6.07, 6.45) is 0. The predicted molar refractivity (Wildman–Crippen MR) is 98.1 cm³/mol. The third kappa shape index (κ3) is 5.04. The Kier molecular flexibility index (Phi) is 6.57. The molecule has 0 fully saturated rings. The number of rotatable bonds is 8. The van der Waals surface area contributed by atoms with Gasteiger partial charge in [0.1, 0.15) is 16.0 Å². The first kappa shape index (κ1) is 19.4. The molecule has 1 atom stereocenters. The Morgan fingerprint density at radius 3 is 2.52 bits per heavy atom. The lowest BCUT2D eigenvalue weighted by atomic mass is 10.0. The molecule has 6 nitrogen and oxygen atoms in total. The fourth-order valence-corrected chi connectivity index (χ4v) is 4.63.